The molecule has 2 aromatic heterocycles. The second-order valence-corrected chi connectivity index (χ2v) is 11.8. The van der Waals surface area contributed by atoms with Gasteiger partial charge in [-0.1, -0.05) is 12.1 Å². The van der Waals surface area contributed by atoms with Gasteiger partial charge in [0.1, 0.15) is 5.60 Å². The molecule has 3 amide bonds. The number of anilines is 2. The highest BCUT2D eigenvalue weighted by Crippen LogP contribution is 2.33. The van der Waals surface area contributed by atoms with Gasteiger partial charge >= 0.3 is 12.1 Å². The number of nitrogens with zero attached hydrogens (tertiary/aromatic N) is 5. The Hall–Kier alpha value is -3.75. The van der Waals surface area contributed by atoms with E-state index in [0.717, 1.165) is 42.3 Å². The number of pyridine rings is 1. The number of likely N-dealkylation sites (tertiary alicyclic amines) is 2. The standard InChI is InChI=1S/C30H40N6O3/c1-30(2,3)39-29(38)35-15-6-9-25(20-35)36(27-26-22(10-14-32-27)11-16-33(26)4)28(37)34-17-12-21(13-18-34)23-7-5-8-24(31)19-23/h5,7-8,10-11,14,16,19,21,25H,6,9,12-13,15,17-18,20,31H2,1-4H3/t25-/m1/s1. The smallest absolute Gasteiger partial charge is 0.410 e. The van der Waals surface area contributed by atoms with Crippen LogP contribution in [0.5, 0.6) is 0 Å². The molecule has 2 N–H and O–H groups in total. The molecular weight excluding hydrogens is 492 g/mol. The van der Waals surface area contributed by atoms with Crippen LogP contribution in [0, 0.1) is 0 Å². The Kier molecular flexibility index (Phi) is 7.42. The SMILES string of the molecule is Cn1ccc2ccnc(N(C(=O)N3CCC(c4cccc(N)c4)CC3)[C@@H]3CCCN(C(=O)OC(C)(C)C)C3)c21. The van der Waals surface area contributed by atoms with E-state index in [2.05, 4.69) is 6.07 Å². The van der Waals surface area contributed by atoms with Crippen LogP contribution in [-0.4, -0.2) is 69.3 Å². The molecule has 39 heavy (non-hydrogen) atoms. The molecule has 5 rings (SSSR count). The fraction of sp³-hybridized carbons (Fsp3) is 0.500. The zero-order valence-electron chi connectivity index (χ0n) is 23.5. The van der Waals surface area contributed by atoms with Crippen LogP contribution in [0.2, 0.25) is 0 Å². The number of aryl methyl sites for hydroxylation is 1. The van der Waals surface area contributed by atoms with Gasteiger partial charge in [-0.05, 0) is 82.2 Å². The normalized spacial score (nSPS) is 18.8. The summed E-state index contributed by atoms with van der Waals surface area (Å²) in [5, 5.41) is 1.03. The lowest BCUT2D eigenvalue weighted by Crippen LogP contribution is -2.57. The van der Waals surface area contributed by atoms with E-state index in [1.807, 2.05) is 78.7 Å². The second kappa shape index (κ2) is 10.8. The quantitative estimate of drug-likeness (QED) is 0.458. The number of amides is 3. The molecule has 2 aliphatic heterocycles. The number of piperidine rings is 2. The summed E-state index contributed by atoms with van der Waals surface area (Å²) in [6.07, 6.45) is 6.73. The van der Waals surface area contributed by atoms with Crippen molar-refractivity contribution in [3.05, 3.63) is 54.4 Å². The summed E-state index contributed by atoms with van der Waals surface area (Å²) < 4.78 is 7.68. The van der Waals surface area contributed by atoms with Crippen molar-refractivity contribution in [3.8, 4) is 0 Å². The maximum Gasteiger partial charge on any atom is 0.410 e. The van der Waals surface area contributed by atoms with Gasteiger partial charge in [0.15, 0.2) is 5.82 Å². The third kappa shape index (κ3) is 5.82. The molecule has 0 bridgehead atoms. The first-order chi connectivity index (χ1) is 18.6. The fourth-order valence-corrected chi connectivity index (χ4v) is 5.84. The molecule has 3 aromatic rings. The summed E-state index contributed by atoms with van der Waals surface area (Å²) >= 11 is 0. The van der Waals surface area contributed by atoms with Crippen molar-refractivity contribution >= 4 is 34.5 Å². The first-order valence-electron chi connectivity index (χ1n) is 13.9. The van der Waals surface area contributed by atoms with Crippen LogP contribution in [0.3, 0.4) is 0 Å². The van der Waals surface area contributed by atoms with Crippen LogP contribution >= 0.6 is 0 Å². The summed E-state index contributed by atoms with van der Waals surface area (Å²) in [6.45, 7) is 7.94. The van der Waals surface area contributed by atoms with Gasteiger partial charge in [0.05, 0.1) is 11.6 Å². The second-order valence-electron chi connectivity index (χ2n) is 11.8. The number of hydrogen-bond acceptors (Lipinski definition) is 5. The first-order valence-corrected chi connectivity index (χ1v) is 13.9. The van der Waals surface area contributed by atoms with Crippen molar-refractivity contribution in [2.24, 2.45) is 7.05 Å². The van der Waals surface area contributed by atoms with Crippen LogP contribution in [-0.2, 0) is 11.8 Å². The molecule has 0 aliphatic carbocycles. The summed E-state index contributed by atoms with van der Waals surface area (Å²) in [5.74, 6) is 1.01. The van der Waals surface area contributed by atoms with Gasteiger partial charge in [0.2, 0.25) is 0 Å². The van der Waals surface area contributed by atoms with Crippen LogP contribution < -0.4 is 10.6 Å². The molecule has 2 fully saturated rings. The average Bonchev–Trinajstić information content (AvgIpc) is 3.29. The first kappa shape index (κ1) is 26.8. The van der Waals surface area contributed by atoms with E-state index >= 15 is 0 Å². The number of benzene rings is 1. The number of fused-ring (bicyclic) bond motifs is 1. The molecule has 2 saturated heterocycles. The Morgan fingerprint density at radius 3 is 2.54 bits per heavy atom. The Balaban J connectivity index is 1.42. The zero-order chi connectivity index (χ0) is 27.7. The van der Waals surface area contributed by atoms with E-state index in [4.69, 9.17) is 15.5 Å². The Labute approximate surface area is 230 Å². The molecule has 0 spiro atoms. The molecule has 9 heteroatoms. The Morgan fingerprint density at radius 1 is 1.05 bits per heavy atom. The summed E-state index contributed by atoms with van der Waals surface area (Å²) in [7, 11) is 1.97. The summed E-state index contributed by atoms with van der Waals surface area (Å²) in [4.78, 5) is 37.6. The summed E-state index contributed by atoms with van der Waals surface area (Å²) in [5.41, 5.74) is 8.36. The molecule has 9 nitrogen and oxygen atoms in total. The van der Waals surface area contributed by atoms with Gasteiger partial charge in [0, 0.05) is 56.7 Å². The monoisotopic (exact) mass is 532 g/mol. The number of hydrogen-bond donors (Lipinski definition) is 1. The van der Waals surface area contributed by atoms with Gasteiger partial charge in [-0.15, -0.1) is 0 Å². The fourth-order valence-electron chi connectivity index (χ4n) is 5.84. The molecule has 4 heterocycles. The van der Waals surface area contributed by atoms with Crippen LogP contribution in [0.25, 0.3) is 10.9 Å². The number of carbonyl (C=O) groups excluding carboxylic acids is 2. The molecule has 0 unspecified atom stereocenters. The lowest BCUT2D eigenvalue weighted by molar-refractivity contribution is 0.0197. The van der Waals surface area contributed by atoms with Crippen molar-refractivity contribution < 1.29 is 14.3 Å². The number of aromatic nitrogens is 2. The topological polar surface area (TPSA) is 96.9 Å². The maximum absolute atomic E-state index is 14.3. The molecule has 0 saturated carbocycles. The van der Waals surface area contributed by atoms with Crippen LogP contribution in [0.4, 0.5) is 21.1 Å². The molecule has 0 radical (unpaired) electrons. The predicted octanol–water partition coefficient (Wildman–Crippen LogP) is 5.36. The van der Waals surface area contributed by atoms with E-state index in [9.17, 15) is 9.59 Å². The third-order valence-electron chi connectivity index (χ3n) is 7.76. The molecule has 1 aromatic carbocycles. The third-order valence-corrected chi connectivity index (χ3v) is 7.76. The van der Waals surface area contributed by atoms with Gasteiger partial charge in [-0.25, -0.2) is 14.6 Å². The van der Waals surface area contributed by atoms with Crippen LogP contribution in [0.15, 0.2) is 48.8 Å². The van der Waals surface area contributed by atoms with E-state index in [-0.39, 0.29) is 18.2 Å². The van der Waals surface area contributed by atoms with Crippen molar-refractivity contribution in [2.75, 3.05) is 36.8 Å². The van der Waals surface area contributed by atoms with Gasteiger partial charge in [-0.2, -0.15) is 0 Å². The number of carbonyl (C=O) groups is 2. The average molecular weight is 533 g/mol. The van der Waals surface area contributed by atoms with E-state index in [1.54, 1.807) is 11.1 Å². The largest absolute Gasteiger partial charge is 0.444 e. The summed E-state index contributed by atoms with van der Waals surface area (Å²) in [6, 6.07) is 11.8. The van der Waals surface area contributed by atoms with E-state index < -0.39 is 5.60 Å². The van der Waals surface area contributed by atoms with Crippen molar-refractivity contribution in [1.82, 2.24) is 19.4 Å². The number of nitrogen functional groups attached to an aromatic ring is 1. The lowest BCUT2D eigenvalue weighted by Gasteiger charge is -2.42. The molecule has 208 valence electrons. The van der Waals surface area contributed by atoms with Gasteiger partial charge < -0.3 is 24.8 Å². The van der Waals surface area contributed by atoms with Crippen LogP contribution in [0.1, 0.15) is 57.9 Å². The number of urea groups is 1. The predicted molar refractivity (Wildman–Crippen MR) is 154 cm³/mol. The van der Waals surface area contributed by atoms with Crippen molar-refractivity contribution in [2.45, 2.75) is 64.0 Å². The minimum atomic E-state index is -0.580. The number of ether oxygens (including phenoxy) is 1. The lowest BCUT2D eigenvalue weighted by atomic mass is 9.89. The minimum Gasteiger partial charge on any atom is -0.444 e. The number of nitrogens with two attached hydrogens (primary N) is 1. The van der Waals surface area contributed by atoms with E-state index in [1.165, 1.54) is 5.56 Å². The minimum absolute atomic E-state index is 0.0572. The van der Waals surface area contributed by atoms with Gasteiger partial charge in [0.25, 0.3) is 0 Å². The molecule has 1 atom stereocenters. The van der Waals surface area contributed by atoms with E-state index in [0.29, 0.717) is 37.9 Å². The maximum atomic E-state index is 14.3. The van der Waals surface area contributed by atoms with Crippen molar-refractivity contribution in [3.63, 3.8) is 0 Å². The highest BCUT2D eigenvalue weighted by atomic mass is 16.6. The van der Waals surface area contributed by atoms with Crippen molar-refractivity contribution in [1.29, 1.82) is 0 Å². The molecular formula is C30H40N6O3. The Bertz CT molecular complexity index is 1340. The molecule has 2 aliphatic rings. The zero-order valence-corrected chi connectivity index (χ0v) is 23.5. The van der Waals surface area contributed by atoms with Gasteiger partial charge in [-0.3, -0.25) is 4.90 Å². The highest BCUT2D eigenvalue weighted by molar-refractivity contribution is 6.00. The Morgan fingerprint density at radius 2 is 1.82 bits per heavy atom. The number of rotatable bonds is 3. The highest BCUT2D eigenvalue weighted by Gasteiger charge is 2.38.